The van der Waals surface area contributed by atoms with E-state index in [0.29, 0.717) is 0 Å². The number of aromatic amines is 1. The van der Waals surface area contributed by atoms with Crippen LogP contribution >= 0.6 is 0 Å². The molecule has 2 heterocycles. The van der Waals surface area contributed by atoms with E-state index in [2.05, 4.69) is 16.0 Å². The number of nitrogens with two attached hydrogens (primary N) is 1. The normalized spacial score (nSPS) is 10.8. The first-order valence-corrected chi connectivity index (χ1v) is 8.24. The molecule has 0 bridgehead atoms. The van der Waals surface area contributed by atoms with E-state index in [1.165, 1.54) is 0 Å². The predicted molar refractivity (Wildman–Crippen MR) is 104 cm³/mol. The van der Waals surface area contributed by atoms with Crippen LogP contribution in [0, 0.1) is 0 Å². The molecule has 0 aliphatic heterocycles. The second-order valence-corrected chi connectivity index (χ2v) is 6.05. The number of fused-ring (bicyclic) bond motifs is 1. The number of nitrogen functional groups attached to an aromatic ring is 1. The molecule has 0 radical (unpaired) electrons. The molecule has 2 aromatic heterocycles. The molecule has 0 saturated carbocycles. The summed E-state index contributed by atoms with van der Waals surface area (Å²) in [6.45, 7) is 0. The minimum Gasteiger partial charge on any atom is -0.497 e. The Morgan fingerprint density at radius 1 is 0.885 bits per heavy atom. The van der Waals surface area contributed by atoms with E-state index in [9.17, 15) is 0 Å². The zero-order valence-electron chi connectivity index (χ0n) is 14.6. The van der Waals surface area contributed by atoms with Gasteiger partial charge in [0.1, 0.15) is 17.1 Å². The number of methoxy groups -OCH3 is 2. The summed E-state index contributed by atoms with van der Waals surface area (Å²) in [7, 11) is 3.29. The van der Waals surface area contributed by atoms with Crippen molar-refractivity contribution in [2.75, 3.05) is 20.0 Å². The van der Waals surface area contributed by atoms with Crippen molar-refractivity contribution in [1.29, 1.82) is 0 Å². The summed E-state index contributed by atoms with van der Waals surface area (Å²) in [5, 5.41) is 1.03. The summed E-state index contributed by atoms with van der Waals surface area (Å²) in [4.78, 5) is 7.79. The molecule has 0 amide bonds. The highest BCUT2D eigenvalue weighted by Gasteiger charge is 2.11. The first kappa shape index (κ1) is 16.0. The number of nitrogens with one attached hydrogen (secondary N) is 1. The van der Waals surface area contributed by atoms with Crippen molar-refractivity contribution in [1.82, 2.24) is 9.97 Å². The highest BCUT2D eigenvalue weighted by molar-refractivity contribution is 5.96. The molecule has 0 aliphatic carbocycles. The van der Waals surface area contributed by atoms with E-state index < -0.39 is 0 Å². The summed E-state index contributed by atoms with van der Waals surface area (Å²) in [5.74, 6) is 1.49. The lowest BCUT2D eigenvalue weighted by Crippen LogP contribution is -1.89. The number of rotatable bonds is 4. The van der Waals surface area contributed by atoms with E-state index in [1.54, 1.807) is 14.2 Å². The first-order valence-electron chi connectivity index (χ1n) is 8.24. The maximum atomic E-state index is 5.92. The summed E-state index contributed by atoms with van der Waals surface area (Å²) in [6, 6.07) is 15.7. The molecular formula is C21H19N3O2. The lowest BCUT2D eigenvalue weighted by molar-refractivity contribution is 0.394. The van der Waals surface area contributed by atoms with Crippen molar-refractivity contribution < 1.29 is 9.47 Å². The number of aromatic nitrogens is 2. The van der Waals surface area contributed by atoms with Gasteiger partial charge in [-0.2, -0.15) is 0 Å². The van der Waals surface area contributed by atoms with Crippen LogP contribution in [0.1, 0.15) is 0 Å². The van der Waals surface area contributed by atoms with E-state index in [4.69, 9.17) is 15.2 Å². The van der Waals surface area contributed by atoms with Gasteiger partial charge in [-0.15, -0.1) is 0 Å². The SMILES string of the molecule is COc1cc(OC)cc(-c2c[nH]c3ncc(-c4cccc(N)c4)cc23)c1. The van der Waals surface area contributed by atoms with E-state index in [0.717, 1.165) is 50.5 Å². The molecule has 26 heavy (non-hydrogen) atoms. The number of nitrogens with zero attached hydrogens (tertiary/aromatic N) is 1. The van der Waals surface area contributed by atoms with Crippen LogP contribution in [0.25, 0.3) is 33.3 Å². The molecule has 0 fully saturated rings. The molecule has 4 aromatic rings. The number of hydrogen-bond donors (Lipinski definition) is 2. The second kappa shape index (κ2) is 6.44. The number of H-pyrrole nitrogens is 1. The Hall–Kier alpha value is -3.47. The summed E-state index contributed by atoms with van der Waals surface area (Å²) >= 11 is 0. The molecule has 0 unspecified atom stereocenters. The molecule has 0 spiro atoms. The number of benzene rings is 2. The zero-order valence-corrected chi connectivity index (χ0v) is 14.6. The third-order valence-electron chi connectivity index (χ3n) is 4.41. The molecule has 4 rings (SSSR count). The fourth-order valence-electron chi connectivity index (χ4n) is 3.08. The summed E-state index contributed by atoms with van der Waals surface area (Å²) in [6.07, 6.45) is 3.80. The minimum absolute atomic E-state index is 0.731. The molecule has 5 nitrogen and oxygen atoms in total. The topological polar surface area (TPSA) is 73.2 Å². The monoisotopic (exact) mass is 345 g/mol. The van der Waals surface area contributed by atoms with Crippen molar-refractivity contribution in [2.45, 2.75) is 0 Å². The van der Waals surface area contributed by atoms with Gasteiger partial charge >= 0.3 is 0 Å². The van der Waals surface area contributed by atoms with Crippen molar-refractivity contribution in [3.63, 3.8) is 0 Å². The van der Waals surface area contributed by atoms with Crippen molar-refractivity contribution in [3.8, 4) is 33.8 Å². The van der Waals surface area contributed by atoms with Crippen LogP contribution < -0.4 is 15.2 Å². The van der Waals surface area contributed by atoms with Crippen LogP contribution in [-0.4, -0.2) is 24.2 Å². The minimum atomic E-state index is 0.731. The van der Waals surface area contributed by atoms with Gasteiger partial charge < -0.3 is 20.2 Å². The molecule has 0 aliphatic rings. The smallest absolute Gasteiger partial charge is 0.137 e. The van der Waals surface area contributed by atoms with E-state index in [1.807, 2.05) is 54.9 Å². The van der Waals surface area contributed by atoms with Gasteiger partial charge in [0, 0.05) is 40.7 Å². The summed E-state index contributed by atoms with van der Waals surface area (Å²) < 4.78 is 10.8. The Bertz CT molecular complexity index is 1060. The standard InChI is InChI=1S/C21H19N3O2/c1-25-17-7-14(8-18(10-17)26-2)20-12-24-21-19(20)9-15(11-23-21)13-4-3-5-16(22)6-13/h3-12H,22H2,1-2H3,(H,23,24). The highest BCUT2D eigenvalue weighted by atomic mass is 16.5. The zero-order chi connectivity index (χ0) is 18.1. The predicted octanol–water partition coefficient (Wildman–Crippen LogP) is 4.50. The lowest BCUT2D eigenvalue weighted by atomic mass is 10.0. The second-order valence-electron chi connectivity index (χ2n) is 6.05. The summed E-state index contributed by atoms with van der Waals surface area (Å²) in [5.41, 5.74) is 11.6. The molecule has 0 saturated heterocycles. The van der Waals surface area contributed by atoms with E-state index >= 15 is 0 Å². The quantitative estimate of drug-likeness (QED) is 0.534. The molecule has 3 N–H and O–H groups in total. The Balaban J connectivity index is 1.88. The maximum absolute atomic E-state index is 5.92. The average Bonchev–Trinajstić information content (AvgIpc) is 3.10. The Morgan fingerprint density at radius 2 is 1.65 bits per heavy atom. The average molecular weight is 345 g/mol. The first-order chi connectivity index (χ1) is 12.7. The number of pyridine rings is 1. The Kier molecular flexibility index (Phi) is 3.97. The van der Waals surface area contributed by atoms with Crippen LogP contribution in [0.15, 0.2) is 60.9 Å². The van der Waals surface area contributed by atoms with Gasteiger partial charge in [0.2, 0.25) is 0 Å². The number of anilines is 1. The van der Waals surface area contributed by atoms with Crippen LogP contribution in [0.3, 0.4) is 0 Å². The highest BCUT2D eigenvalue weighted by Crippen LogP contribution is 2.35. The van der Waals surface area contributed by atoms with Crippen molar-refractivity contribution in [2.24, 2.45) is 0 Å². The molecule has 2 aromatic carbocycles. The van der Waals surface area contributed by atoms with Gasteiger partial charge in [0.25, 0.3) is 0 Å². The van der Waals surface area contributed by atoms with E-state index in [-0.39, 0.29) is 0 Å². The molecule has 0 atom stereocenters. The van der Waals surface area contributed by atoms with Crippen LogP contribution in [-0.2, 0) is 0 Å². The van der Waals surface area contributed by atoms with Gasteiger partial charge in [0.05, 0.1) is 14.2 Å². The van der Waals surface area contributed by atoms with Gasteiger partial charge in [0.15, 0.2) is 0 Å². The van der Waals surface area contributed by atoms with Gasteiger partial charge in [-0.25, -0.2) is 4.98 Å². The Labute approximate surface area is 151 Å². The third-order valence-corrected chi connectivity index (χ3v) is 4.41. The largest absolute Gasteiger partial charge is 0.497 e. The molecular weight excluding hydrogens is 326 g/mol. The maximum Gasteiger partial charge on any atom is 0.137 e. The van der Waals surface area contributed by atoms with Crippen LogP contribution in [0.5, 0.6) is 11.5 Å². The van der Waals surface area contributed by atoms with Gasteiger partial charge in [-0.1, -0.05) is 12.1 Å². The third kappa shape index (κ3) is 2.84. The van der Waals surface area contributed by atoms with Gasteiger partial charge in [-0.3, -0.25) is 0 Å². The fraction of sp³-hybridized carbons (Fsp3) is 0.0952. The van der Waals surface area contributed by atoms with Crippen molar-refractivity contribution in [3.05, 3.63) is 60.9 Å². The number of ether oxygens (including phenoxy) is 2. The number of hydrogen-bond acceptors (Lipinski definition) is 4. The van der Waals surface area contributed by atoms with Crippen molar-refractivity contribution >= 4 is 16.7 Å². The Morgan fingerprint density at radius 3 is 2.35 bits per heavy atom. The fourth-order valence-corrected chi connectivity index (χ4v) is 3.08. The van der Waals surface area contributed by atoms with Crippen LogP contribution in [0.2, 0.25) is 0 Å². The van der Waals surface area contributed by atoms with Gasteiger partial charge in [-0.05, 0) is 41.5 Å². The van der Waals surface area contributed by atoms with Crippen LogP contribution in [0.4, 0.5) is 5.69 Å². The molecule has 130 valence electrons. The molecule has 5 heteroatoms. The lowest BCUT2D eigenvalue weighted by Gasteiger charge is -2.08.